The monoisotopic (exact) mass is 304 g/mol. The second-order valence-electron chi connectivity index (χ2n) is 5.39. The largest absolute Gasteiger partial charge is 0.423 e. The maximum Gasteiger partial charge on any atom is 0.423 e. The molecule has 21 heavy (non-hydrogen) atoms. The molecule has 0 saturated carbocycles. The van der Waals surface area contributed by atoms with Gasteiger partial charge >= 0.3 is 6.18 Å². The van der Waals surface area contributed by atoms with E-state index in [1.165, 1.54) is 6.42 Å². The highest BCUT2D eigenvalue weighted by molar-refractivity contribution is 5.50. The van der Waals surface area contributed by atoms with E-state index in [0.29, 0.717) is 6.54 Å². The number of aromatic nitrogens is 2. The van der Waals surface area contributed by atoms with Crippen molar-refractivity contribution >= 4 is 5.69 Å². The van der Waals surface area contributed by atoms with E-state index in [4.69, 9.17) is 0 Å². The van der Waals surface area contributed by atoms with E-state index in [2.05, 4.69) is 15.3 Å². The zero-order chi connectivity index (χ0) is 15.5. The zero-order valence-electron chi connectivity index (χ0n) is 11.8. The van der Waals surface area contributed by atoms with E-state index in [9.17, 15) is 18.0 Å². The van der Waals surface area contributed by atoms with Crippen LogP contribution in [0.1, 0.15) is 31.7 Å². The minimum atomic E-state index is -4.70. The number of hydrogen-bond donors (Lipinski definition) is 2. The van der Waals surface area contributed by atoms with Gasteiger partial charge in [0.2, 0.25) is 0 Å². The Hall–Kier alpha value is -1.57. The van der Waals surface area contributed by atoms with Gasteiger partial charge in [-0.3, -0.25) is 4.79 Å². The number of H-pyrrole nitrogens is 1. The van der Waals surface area contributed by atoms with Gasteiger partial charge in [-0.25, -0.2) is 5.10 Å². The number of alkyl halides is 3. The predicted octanol–water partition coefficient (Wildman–Crippen LogP) is 2.08. The molecule has 5 nitrogen and oxygen atoms in total. The van der Waals surface area contributed by atoms with Gasteiger partial charge in [-0.05, 0) is 32.9 Å². The van der Waals surface area contributed by atoms with Crippen LogP contribution in [-0.4, -0.2) is 40.8 Å². The Balaban J connectivity index is 2.08. The van der Waals surface area contributed by atoms with Gasteiger partial charge in [0.15, 0.2) is 0 Å². The lowest BCUT2D eigenvalue weighted by Crippen LogP contribution is -2.39. The number of nitrogens with zero attached hydrogens (tertiary/aromatic N) is 2. The lowest BCUT2D eigenvalue weighted by atomic mass is 10.1. The Labute approximate surface area is 120 Å². The summed E-state index contributed by atoms with van der Waals surface area (Å²) in [5.41, 5.74) is -2.71. The summed E-state index contributed by atoms with van der Waals surface area (Å²) in [6.45, 7) is 4.37. The molecule has 1 aliphatic heterocycles. The SMILES string of the molecule is CC(CN1CCCCC1)Nc1cn[nH]c(=O)c1C(F)(F)F. The third-order valence-electron chi connectivity index (χ3n) is 3.52. The average Bonchev–Trinajstić information content (AvgIpc) is 2.38. The summed E-state index contributed by atoms with van der Waals surface area (Å²) in [5, 5.41) is 8.03. The molecule has 2 N–H and O–H groups in total. The van der Waals surface area contributed by atoms with Crippen LogP contribution in [0.25, 0.3) is 0 Å². The second-order valence-corrected chi connectivity index (χ2v) is 5.39. The van der Waals surface area contributed by atoms with E-state index in [0.717, 1.165) is 32.1 Å². The van der Waals surface area contributed by atoms with Crippen LogP contribution in [0.4, 0.5) is 18.9 Å². The summed E-state index contributed by atoms with van der Waals surface area (Å²) in [6.07, 6.45) is -0.255. The number of aromatic amines is 1. The lowest BCUT2D eigenvalue weighted by Gasteiger charge is -2.30. The van der Waals surface area contributed by atoms with Crippen molar-refractivity contribution in [2.75, 3.05) is 25.0 Å². The van der Waals surface area contributed by atoms with Gasteiger partial charge in [0, 0.05) is 12.6 Å². The first-order valence-corrected chi connectivity index (χ1v) is 7.01. The first-order chi connectivity index (χ1) is 9.88. The number of hydrogen-bond acceptors (Lipinski definition) is 4. The fraction of sp³-hybridized carbons (Fsp3) is 0.692. The molecule has 1 saturated heterocycles. The molecule has 0 spiro atoms. The van der Waals surface area contributed by atoms with Crippen molar-refractivity contribution in [1.29, 1.82) is 0 Å². The first kappa shape index (κ1) is 15.8. The van der Waals surface area contributed by atoms with Crippen LogP contribution in [0, 0.1) is 0 Å². The number of rotatable bonds is 4. The van der Waals surface area contributed by atoms with Gasteiger partial charge in [0.25, 0.3) is 5.56 Å². The molecular formula is C13H19F3N4O. The Bertz CT molecular complexity index is 523. The molecule has 1 aliphatic rings. The summed E-state index contributed by atoms with van der Waals surface area (Å²) in [5.74, 6) is 0. The topological polar surface area (TPSA) is 61.0 Å². The highest BCUT2D eigenvalue weighted by Gasteiger charge is 2.37. The van der Waals surface area contributed by atoms with Crippen molar-refractivity contribution in [3.05, 3.63) is 22.1 Å². The van der Waals surface area contributed by atoms with Crippen LogP contribution in [0.3, 0.4) is 0 Å². The molecular weight excluding hydrogens is 285 g/mol. The highest BCUT2D eigenvalue weighted by atomic mass is 19.4. The van der Waals surface area contributed by atoms with Crippen molar-refractivity contribution < 1.29 is 13.2 Å². The summed E-state index contributed by atoms with van der Waals surface area (Å²) in [4.78, 5) is 13.6. The van der Waals surface area contributed by atoms with Gasteiger partial charge in [-0.15, -0.1) is 0 Å². The molecule has 8 heteroatoms. The Morgan fingerprint density at radius 1 is 1.38 bits per heavy atom. The molecule has 2 rings (SSSR count). The minimum Gasteiger partial charge on any atom is -0.379 e. The quantitative estimate of drug-likeness (QED) is 0.894. The van der Waals surface area contributed by atoms with Crippen molar-refractivity contribution in [2.24, 2.45) is 0 Å². The number of piperidine rings is 1. The molecule has 0 radical (unpaired) electrons. The van der Waals surface area contributed by atoms with E-state index in [1.807, 2.05) is 5.10 Å². The Morgan fingerprint density at radius 2 is 2.05 bits per heavy atom. The van der Waals surface area contributed by atoms with Crippen LogP contribution >= 0.6 is 0 Å². The third kappa shape index (κ3) is 4.20. The summed E-state index contributed by atoms with van der Waals surface area (Å²) < 4.78 is 38.8. The van der Waals surface area contributed by atoms with Gasteiger partial charge in [0.05, 0.1) is 11.9 Å². The standard InChI is InChI=1S/C13H19F3N4O/c1-9(8-20-5-3-2-4-6-20)18-10-7-17-19-12(21)11(10)13(14,15)16/h7,9H,2-6,8H2,1H3,(H2,18,19,21). The molecule has 0 aliphatic carbocycles. The summed E-state index contributed by atoms with van der Waals surface area (Å²) >= 11 is 0. The molecule has 2 heterocycles. The van der Waals surface area contributed by atoms with Crippen molar-refractivity contribution in [3.63, 3.8) is 0 Å². The predicted molar refractivity (Wildman–Crippen MR) is 73.2 cm³/mol. The van der Waals surface area contributed by atoms with E-state index in [-0.39, 0.29) is 11.7 Å². The molecule has 118 valence electrons. The van der Waals surface area contributed by atoms with E-state index < -0.39 is 17.3 Å². The number of anilines is 1. The zero-order valence-corrected chi connectivity index (χ0v) is 11.8. The summed E-state index contributed by atoms with van der Waals surface area (Å²) in [6, 6.07) is -0.201. The fourth-order valence-electron chi connectivity index (χ4n) is 2.63. The second kappa shape index (κ2) is 6.46. The first-order valence-electron chi connectivity index (χ1n) is 7.01. The highest BCUT2D eigenvalue weighted by Crippen LogP contribution is 2.31. The molecule has 1 atom stereocenters. The van der Waals surface area contributed by atoms with Crippen LogP contribution in [0.15, 0.2) is 11.0 Å². The van der Waals surface area contributed by atoms with Gasteiger partial charge in [-0.2, -0.15) is 18.3 Å². The summed E-state index contributed by atoms with van der Waals surface area (Å²) in [7, 11) is 0. The van der Waals surface area contributed by atoms with E-state index >= 15 is 0 Å². The Morgan fingerprint density at radius 3 is 2.67 bits per heavy atom. The molecule has 1 unspecified atom stereocenters. The maximum atomic E-state index is 12.9. The van der Waals surface area contributed by atoms with Crippen molar-refractivity contribution in [3.8, 4) is 0 Å². The van der Waals surface area contributed by atoms with Gasteiger partial charge in [0.1, 0.15) is 5.56 Å². The van der Waals surface area contributed by atoms with Crippen molar-refractivity contribution in [1.82, 2.24) is 15.1 Å². The van der Waals surface area contributed by atoms with Crippen LogP contribution < -0.4 is 10.9 Å². The van der Waals surface area contributed by atoms with Crippen LogP contribution in [-0.2, 0) is 6.18 Å². The number of halogens is 3. The Kier molecular flexibility index (Phi) is 4.87. The normalized spacial score (nSPS) is 18.5. The molecule has 0 bridgehead atoms. The average molecular weight is 304 g/mol. The van der Waals surface area contributed by atoms with Crippen LogP contribution in [0.5, 0.6) is 0 Å². The molecule has 1 fully saturated rings. The molecule has 0 amide bonds. The number of likely N-dealkylation sites (tertiary alicyclic amines) is 1. The lowest BCUT2D eigenvalue weighted by molar-refractivity contribution is -0.138. The van der Waals surface area contributed by atoms with Crippen LogP contribution in [0.2, 0.25) is 0 Å². The van der Waals surface area contributed by atoms with Gasteiger partial charge < -0.3 is 10.2 Å². The minimum absolute atomic E-state index is 0.201. The molecule has 0 aromatic carbocycles. The number of nitrogens with one attached hydrogen (secondary N) is 2. The van der Waals surface area contributed by atoms with E-state index in [1.54, 1.807) is 6.92 Å². The molecule has 1 aromatic heterocycles. The molecule has 1 aromatic rings. The van der Waals surface area contributed by atoms with Crippen molar-refractivity contribution in [2.45, 2.75) is 38.4 Å². The maximum absolute atomic E-state index is 12.9. The smallest absolute Gasteiger partial charge is 0.379 e. The third-order valence-corrected chi connectivity index (χ3v) is 3.52. The fourth-order valence-corrected chi connectivity index (χ4v) is 2.63. The van der Waals surface area contributed by atoms with Gasteiger partial charge in [-0.1, -0.05) is 6.42 Å².